The molecule has 0 aromatic heterocycles. The zero-order valence-electron chi connectivity index (χ0n) is 23.5. The van der Waals surface area contributed by atoms with E-state index in [0.717, 1.165) is 12.8 Å². The molecule has 0 bridgehead atoms. The lowest BCUT2D eigenvalue weighted by molar-refractivity contribution is -0.140. The van der Waals surface area contributed by atoms with Gasteiger partial charge in [-0.05, 0) is 49.6 Å². The molecule has 3 N–H and O–H groups in total. The molecule has 0 aliphatic rings. The van der Waals surface area contributed by atoms with E-state index in [9.17, 15) is 24.3 Å². The highest BCUT2D eigenvalue weighted by Crippen LogP contribution is 2.37. The van der Waals surface area contributed by atoms with Crippen LogP contribution in [-0.4, -0.2) is 41.3 Å². The second-order valence-corrected chi connectivity index (χ2v) is 9.60. The van der Waals surface area contributed by atoms with Crippen molar-refractivity contribution in [3.8, 4) is 17.2 Å². The first-order chi connectivity index (χ1) is 19.1. The van der Waals surface area contributed by atoms with Crippen LogP contribution < -0.4 is 19.9 Å². The molecule has 3 unspecified atom stereocenters. The van der Waals surface area contributed by atoms with Gasteiger partial charge in [0.15, 0.2) is 11.5 Å². The lowest BCUT2D eigenvalue weighted by Crippen LogP contribution is -2.43. The van der Waals surface area contributed by atoms with Gasteiger partial charge >= 0.3 is 24.1 Å². The summed E-state index contributed by atoms with van der Waals surface area (Å²) in [5.41, 5.74) is 6.52. The topological polar surface area (TPSA) is 151 Å². The quantitative estimate of drug-likeness (QED) is 0.160. The minimum absolute atomic E-state index is 0.0182. The van der Waals surface area contributed by atoms with Crippen molar-refractivity contribution in [2.24, 2.45) is 11.7 Å². The van der Waals surface area contributed by atoms with Gasteiger partial charge in [-0.1, -0.05) is 57.9 Å². The molecule has 0 spiro atoms. The Morgan fingerprint density at radius 3 is 1.95 bits per heavy atom. The number of rotatable bonds is 15. The molecule has 4 atom stereocenters. The van der Waals surface area contributed by atoms with Gasteiger partial charge in [-0.3, -0.25) is 14.4 Å². The SMILES string of the molecule is CCCCC(=O)Oc1ccc(C(C(C)C(C)OC(=O)Oc2ccccc2)[C@H](N)C(=O)O)cc1OC(=O)CCCC. The van der Waals surface area contributed by atoms with Crippen LogP contribution in [0.25, 0.3) is 0 Å². The van der Waals surface area contributed by atoms with E-state index in [1.165, 1.54) is 12.1 Å². The number of esters is 2. The molecular weight excluding hydrogens is 518 g/mol. The molecule has 0 heterocycles. The third-order valence-electron chi connectivity index (χ3n) is 6.47. The highest BCUT2D eigenvalue weighted by atomic mass is 16.7. The molecule has 0 aliphatic carbocycles. The summed E-state index contributed by atoms with van der Waals surface area (Å²) in [6, 6.07) is 11.4. The number of benzene rings is 2. The highest BCUT2D eigenvalue weighted by molar-refractivity contribution is 5.77. The minimum atomic E-state index is -1.40. The third kappa shape index (κ3) is 10.00. The van der Waals surface area contributed by atoms with Gasteiger partial charge in [0.2, 0.25) is 0 Å². The van der Waals surface area contributed by atoms with E-state index in [2.05, 4.69) is 0 Å². The summed E-state index contributed by atoms with van der Waals surface area (Å²) in [6.45, 7) is 7.18. The summed E-state index contributed by atoms with van der Waals surface area (Å²) in [4.78, 5) is 49.1. The van der Waals surface area contributed by atoms with Crippen LogP contribution >= 0.6 is 0 Å². The maximum Gasteiger partial charge on any atom is 0.514 e. The van der Waals surface area contributed by atoms with Crippen LogP contribution in [0.15, 0.2) is 48.5 Å². The predicted octanol–water partition coefficient (Wildman–Crippen LogP) is 5.61. The zero-order chi connectivity index (χ0) is 29.7. The van der Waals surface area contributed by atoms with Crippen LogP contribution in [0, 0.1) is 5.92 Å². The number of unbranched alkanes of at least 4 members (excludes halogenated alkanes) is 2. The van der Waals surface area contributed by atoms with E-state index < -0.39 is 48.0 Å². The van der Waals surface area contributed by atoms with E-state index in [4.69, 9.17) is 24.7 Å². The number of carboxylic acids is 1. The maximum atomic E-state index is 12.5. The molecule has 0 amide bonds. The fourth-order valence-electron chi connectivity index (χ4n) is 4.04. The Morgan fingerprint density at radius 1 is 0.825 bits per heavy atom. The first kappa shape index (κ1) is 32.3. The fourth-order valence-corrected chi connectivity index (χ4v) is 4.04. The summed E-state index contributed by atoms with van der Waals surface area (Å²) in [5, 5.41) is 9.78. The van der Waals surface area contributed by atoms with E-state index >= 15 is 0 Å². The average molecular weight is 558 g/mol. The number of carbonyl (C=O) groups excluding carboxylic acids is 3. The van der Waals surface area contributed by atoms with Crippen molar-refractivity contribution in [2.75, 3.05) is 0 Å². The Bertz CT molecular complexity index is 1140. The van der Waals surface area contributed by atoms with Crippen molar-refractivity contribution in [1.29, 1.82) is 0 Å². The molecule has 0 saturated carbocycles. The Hall–Kier alpha value is -3.92. The normalized spacial score (nSPS) is 13.8. The van der Waals surface area contributed by atoms with Crippen molar-refractivity contribution in [2.45, 2.75) is 84.3 Å². The molecule has 2 aromatic carbocycles. The van der Waals surface area contributed by atoms with Crippen LogP contribution in [-0.2, 0) is 19.1 Å². The smallest absolute Gasteiger partial charge is 0.480 e. The number of para-hydroxylation sites is 1. The number of ether oxygens (including phenoxy) is 4. The van der Waals surface area contributed by atoms with Gasteiger partial charge < -0.3 is 29.8 Å². The standard InChI is InChI=1S/C30H39NO9/c1-5-7-14-25(32)39-23-17-16-21(18-24(23)40-26(33)15-8-6-2)27(28(31)29(34)35)19(3)20(4)37-30(36)38-22-12-10-9-11-13-22/h9-13,16-20,27-28H,5-8,14-15,31H2,1-4H3,(H,34,35)/t19?,20?,27?,28-/m0/s1. The second-order valence-electron chi connectivity index (χ2n) is 9.60. The molecular formula is C30H39NO9. The Labute approximate surface area is 234 Å². The summed E-state index contributed by atoms with van der Waals surface area (Å²) < 4.78 is 21.6. The van der Waals surface area contributed by atoms with Crippen LogP contribution in [0.5, 0.6) is 17.2 Å². The van der Waals surface area contributed by atoms with Crippen molar-refractivity contribution in [3.05, 3.63) is 54.1 Å². The highest BCUT2D eigenvalue weighted by Gasteiger charge is 2.36. The number of nitrogens with two attached hydrogens (primary N) is 1. The molecule has 10 nitrogen and oxygen atoms in total. The first-order valence-corrected chi connectivity index (χ1v) is 13.5. The fraction of sp³-hybridized carbons (Fsp3) is 0.467. The molecule has 0 saturated heterocycles. The summed E-state index contributed by atoms with van der Waals surface area (Å²) in [6.07, 6.45) is 1.43. The van der Waals surface area contributed by atoms with Crippen molar-refractivity contribution >= 4 is 24.1 Å². The van der Waals surface area contributed by atoms with Gasteiger partial charge in [-0.15, -0.1) is 0 Å². The van der Waals surface area contributed by atoms with Crippen LogP contribution in [0.1, 0.15) is 77.7 Å². The largest absolute Gasteiger partial charge is 0.514 e. The molecule has 2 aromatic rings. The predicted molar refractivity (Wildman–Crippen MR) is 147 cm³/mol. The zero-order valence-corrected chi connectivity index (χ0v) is 23.5. The Morgan fingerprint density at radius 2 is 1.40 bits per heavy atom. The molecule has 0 fully saturated rings. The number of carboxylic acid groups (broad SMARTS) is 1. The second kappa shape index (κ2) is 16.2. The molecule has 218 valence electrons. The van der Waals surface area contributed by atoms with Crippen LogP contribution in [0.4, 0.5) is 4.79 Å². The lowest BCUT2D eigenvalue weighted by Gasteiger charge is -2.31. The van der Waals surface area contributed by atoms with Crippen molar-refractivity contribution in [1.82, 2.24) is 0 Å². The Balaban J connectivity index is 2.36. The molecule has 2 rings (SSSR count). The summed E-state index contributed by atoms with van der Waals surface area (Å²) in [5.74, 6) is -3.44. The van der Waals surface area contributed by atoms with Crippen molar-refractivity contribution in [3.63, 3.8) is 0 Å². The van der Waals surface area contributed by atoms with Crippen molar-refractivity contribution < 1.29 is 43.2 Å². The van der Waals surface area contributed by atoms with Gasteiger partial charge in [-0.25, -0.2) is 4.79 Å². The molecule has 0 aliphatic heterocycles. The number of carbonyl (C=O) groups is 4. The Kier molecular flexibility index (Phi) is 13.1. The summed E-state index contributed by atoms with van der Waals surface area (Å²) in [7, 11) is 0. The monoisotopic (exact) mass is 557 g/mol. The van der Waals surface area contributed by atoms with Gasteiger partial charge in [0.05, 0.1) is 0 Å². The third-order valence-corrected chi connectivity index (χ3v) is 6.47. The van der Waals surface area contributed by atoms with Crippen LogP contribution in [0.2, 0.25) is 0 Å². The van der Waals surface area contributed by atoms with E-state index in [1.54, 1.807) is 50.2 Å². The number of hydrogen-bond donors (Lipinski definition) is 2. The first-order valence-electron chi connectivity index (χ1n) is 13.5. The van der Waals surface area contributed by atoms with Crippen LogP contribution in [0.3, 0.4) is 0 Å². The molecule has 10 heteroatoms. The lowest BCUT2D eigenvalue weighted by atomic mass is 9.79. The number of hydrogen-bond acceptors (Lipinski definition) is 9. The average Bonchev–Trinajstić information content (AvgIpc) is 2.92. The van der Waals surface area contributed by atoms with E-state index in [0.29, 0.717) is 24.2 Å². The minimum Gasteiger partial charge on any atom is -0.480 e. The van der Waals surface area contributed by atoms with Gasteiger partial charge in [0.25, 0.3) is 0 Å². The number of aliphatic carboxylic acids is 1. The maximum absolute atomic E-state index is 12.5. The molecule has 0 radical (unpaired) electrons. The summed E-state index contributed by atoms with van der Waals surface area (Å²) >= 11 is 0. The van der Waals surface area contributed by atoms with E-state index in [-0.39, 0.29) is 24.3 Å². The van der Waals surface area contributed by atoms with Gasteiger partial charge in [0, 0.05) is 24.7 Å². The van der Waals surface area contributed by atoms with Gasteiger partial charge in [-0.2, -0.15) is 0 Å². The van der Waals surface area contributed by atoms with E-state index in [1.807, 2.05) is 13.8 Å². The molecule has 40 heavy (non-hydrogen) atoms. The van der Waals surface area contributed by atoms with Gasteiger partial charge in [0.1, 0.15) is 17.9 Å².